The Morgan fingerprint density at radius 1 is 1.29 bits per heavy atom. The first-order chi connectivity index (χ1) is 9.96. The Kier molecular flexibility index (Phi) is 4.66. The number of nitrogens with zero attached hydrogens (tertiary/aromatic N) is 2. The van der Waals surface area contributed by atoms with Crippen LogP contribution in [-0.4, -0.2) is 41.2 Å². The Labute approximate surface area is 121 Å². The van der Waals surface area contributed by atoms with Crippen LogP contribution in [0.1, 0.15) is 21.7 Å². The van der Waals surface area contributed by atoms with Crippen LogP contribution in [0.15, 0.2) is 30.6 Å². The van der Waals surface area contributed by atoms with Gasteiger partial charge in [0.15, 0.2) is 0 Å². The minimum absolute atomic E-state index is 0.120. The number of nitrogens with one attached hydrogen (secondary N) is 2. The molecule has 0 saturated carbocycles. The molecular formula is C12H14N4O4S. The highest BCUT2D eigenvalue weighted by atomic mass is 32.2. The van der Waals surface area contributed by atoms with Crippen LogP contribution in [0.5, 0.6) is 0 Å². The highest BCUT2D eigenvalue weighted by molar-refractivity contribution is 7.88. The molecule has 0 bridgehead atoms. The zero-order valence-corrected chi connectivity index (χ0v) is 11.8. The molecule has 8 nitrogen and oxygen atoms in total. The first-order valence-electron chi connectivity index (χ1n) is 6.10. The Morgan fingerprint density at radius 2 is 2.00 bits per heavy atom. The summed E-state index contributed by atoms with van der Waals surface area (Å²) >= 11 is 0. The van der Waals surface area contributed by atoms with Crippen LogP contribution in [0.25, 0.3) is 0 Å². The van der Waals surface area contributed by atoms with Crippen molar-refractivity contribution in [3.05, 3.63) is 47.5 Å². The van der Waals surface area contributed by atoms with E-state index in [4.69, 9.17) is 5.11 Å². The summed E-state index contributed by atoms with van der Waals surface area (Å²) < 4.78 is 26.2. The average molecular weight is 310 g/mol. The zero-order chi connectivity index (χ0) is 15.3. The van der Waals surface area contributed by atoms with Crippen molar-refractivity contribution in [2.24, 2.45) is 0 Å². The van der Waals surface area contributed by atoms with Gasteiger partial charge in [0.25, 0.3) is 0 Å². The fraction of sp³-hybridized carbons (Fsp3) is 0.250. The topological polar surface area (TPSA) is 125 Å². The van der Waals surface area contributed by atoms with E-state index in [0.29, 0.717) is 17.8 Å². The van der Waals surface area contributed by atoms with Crippen LogP contribution in [0.2, 0.25) is 0 Å². The van der Waals surface area contributed by atoms with Gasteiger partial charge >= 0.3 is 5.97 Å². The summed E-state index contributed by atoms with van der Waals surface area (Å²) in [6.07, 6.45) is 1.77. The second-order valence-corrected chi connectivity index (χ2v) is 6.14. The molecule has 2 aromatic rings. The third kappa shape index (κ3) is 4.65. The molecule has 1 heterocycles. The molecule has 3 N–H and O–H groups in total. The SMILES string of the molecule is O=C(O)c1ccc(CS(=O)(=O)NCCc2ncn[nH]2)cc1. The summed E-state index contributed by atoms with van der Waals surface area (Å²) in [5.41, 5.74) is 0.640. The molecule has 0 aliphatic rings. The average Bonchev–Trinajstić information content (AvgIpc) is 2.91. The van der Waals surface area contributed by atoms with E-state index in [1.54, 1.807) is 0 Å². The van der Waals surface area contributed by atoms with Gasteiger partial charge in [0, 0.05) is 13.0 Å². The lowest BCUT2D eigenvalue weighted by molar-refractivity contribution is 0.0697. The second-order valence-electron chi connectivity index (χ2n) is 4.34. The lowest BCUT2D eigenvalue weighted by Crippen LogP contribution is -2.27. The van der Waals surface area contributed by atoms with Gasteiger partial charge in [-0.15, -0.1) is 0 Å². The Morgan fingerprint density at radius 3 is 2.57 bits per heavy atom. The van der Waals surface area contributed by atoms with Crippen LogP contribution in [0, 0.1) is 0 Å². The molecule has 0 saturated heterocycles. The normalized spacial score (nSPS) is 11.4. The van der Waals surface area contributed by atoms with Crippen molar-refractivity contribution in [1.29, 1.82) is 0 Å². The zero-order valence-electron chi connectivity index (χ0n) is 11.0. The van der Waals surface area contributed by atoms with Crippen LogP contribution in [0.4, 0.5) is 0 Å². The summed E-state index contributed by atoms with van der Waals surface area (Å²) in [7, 11) is -3.48. The number of carbonyl (C=O) groups is 1. The van der Waals surface area contributed by atoms with Crippen molar-refractivity contribution in [1.82, 2.24) is 19.9 Å². The molecule has 0 amide bonds. The fourth-order valence-electron chi connectivity index (χ4n) is 1.69. The number of aromatic nitrogens is 3. The maximum Gasteiger partial charge on any atom is 0.335 e. The summed E-state index contributed by atoms with van der Waals surface area (Å²) in [5.74, 6) is -0.651. The number of aromatic carboxylic acids is 1. The van der Waals surface area contributed by atoms with Gasteiger partial charge < -0.3 is 5.11 Å². The molecule has 0 aliphatic heterocycles. The minimum atomic E-state index is -3.48. The third-order valence-corrected chi connectivity index (χ3v) is 4.06. The van der Waals surface area contributed by atoms with Crippen LogP contribution < -0.4 is 4.72 Å². The quantitative estimate of drug-likeness (QED) is 0.669. The second kappa shape index (κ2) is 6.46. The van der Waals surface area contributed by atoms with E-state index in [0.717, 1.165) is 0 Å². The van der Waals surface area contributed by atoms with Gasteiger partial charge in [-0.2, -0.15) is 5.10 Å². The van der Waals surface area contributed by atoms with Gasteiger partial charge in [-0.1, -0.05) is 12.1 Å². The van der Waals surface area contributed by atoms with E-state index in [2.05, 4.69) is 19.9 Å². The number of rotatable bonds is 7. The molecule has 0 atom stereocenters. The highest BCUT2D eigenvalue weighted by Crippen LogP contribution is 2.08. The summed E-state index contributed by atoms with van der Waals surface area (Å²) in [5, 5.41) is 15.1. The van der Waals surface area contributed by atoms with Crippen molar-refractivity contribution < 1.29 is 18.3 Å². The van der Waals surface area contributed by atoms with Gasteiger partial charge in [0.05, 0.1) is 11.3 Å². The molecule has 9 heteroatoms. The van der Waals surface area contributed by atoms with E-state index in [1.807, 2.05) is 0 Å². The van der Waals surface area contributed by atoms with Crippen LogP contribution in [0.3, 0.4) is 0 Å². The number of hydrogen-bond donors (Lipinski definition) is 3. The summed E-state index contributed by atoms with van der Waals surface area (Å²) in [6.45, 7) is 0.213. The molecule has 1 aromatic heterocycles. The number of aromatic amines is 1. The molecule has 0 radical (unpaired) electrons. The van der Waals surface area contributed by atoms with Crippen molar-refractivity contribution in [3.63, 3.8) is 0 Å². The highest BCUT2D eigenvalue weighted by Gasteiger charge is 2.12. The van der Waals surface area contributed by atoms with Crippen molar-refractivity contribution in [2.45, 2.75) is 12.2 Å². The number of H-pyrrole nitrogens is 1. The Bertz CT molecular complexity index is 695. The predicted octanol–water partition coefficient (Wildman–Crippen LogP) is 0.165. The lowest BCUT2D eigenvalue weighted by atomic mass is 10.1. The van der Waals surface area contributed by atoms with E-state index >= 15 is 0 Å². The van der Waals surface area contributed by atoms with Gasteiger partial charge in [-0.25, -0.2) is 22.9 Å². The molecule has 0 unspecified atom stereocenters. The molecule has 0 aliphatic carbocycles. The number of sulfonamides is 1. The molecule has 0 spiro atoms. The van der Waals surface area contributed by atoms with Gasteiger partial charge in [0.2, 0.25) is 10.0 Å². The minimum Gasteiger partial charge on any atom is -0.478 e. The molecule has 1 aromatic carbocycles. The summed E-state index contributed by atoms with van der Waals surface area (Å²) in [4.78, 5) is 14.6. The summed E-state index contributed by atoms with van der Waals surface area (Å²) in [6, 6.07) is 5.72. The Balaban J connectivity index is 1.89. The number of carboxylic acids is 1. The fourth-order valence-corrected chi connectivity index (χ4v) is 2.84. The smallest absolute Gasteiger partial charge is 0.335 e. The number of hydrogen-bond acceptors (Lipinski definition) is 5. The monoisotopic (exact) mass is 310 g/mol. The van der Waals surface area contributed by atoms with Crippen molar-refractivity contribution in [2.75, 3.05) is 6.54 Å². The standard InChI is InChI=1S/C12H14N4O4S/c17-12(18)10-3-1-9(2-4-10)7-21(19,20)15-6-5-11-13-8-14-16-11/h1-4,8,15H,5-7H2,(H,17,18)(H,13,14,16). The van der Waals surface area contributed by atoms with Crippen molar-refractivity contribution in [3.8, 4) is 0 Å². The van der Waals surface area contributed by atoms with E-state index in [-0.39, 0.29) is 17.9 Å². The van der Waals surface area contributed by atoms with Crippen molar-refractivity contribution >= 4 is 16.0 Å². The third-order valence-electron chi connectivity index (χ3n) is 2.71. The molecule has 0 fully saturated rings. The Hall–Kier alpha value is -2.26. The number of benzene rings is 1. The van der Waals surface area contributed by atoms with E-state index in [9.17, 15) is 13.2 Å². The maximum atomic E-state index is 11.9. The maximum absolute atomic E-state index is 11.9. The van der Waals surface area contributed by atoms with Gasteiger partial charge in [-0.05, 0) is 17.7 Å². The predicted molar refractivity (Wildman–Crippen MR) is 74.1 cm³/mol. The van der Waals surface area contributed by atoms with Crippen LogP contribution in [-0.2, 0) is 22.2 Å². The first-order valence-corrected chi connectivity index (χ1v) is 7.75. The van der Waals surface area contributed by atoms with Crippen LogP contribution >= 0.6 is 0 Å². The van der Waals surface area contributed by atoms with Gasteiger partial charge in [0.1, 0.15) is 12.2 Å². The molecular weight excluding hydrogens is 296 g/mol. The van der Waals surface area contributed by atoms with E-state index in [1.165, 1.54) is 30.6 Å². The molecule has 112 valence electrons. The number of carboxylic acid groups (broad SMARTS) is 1. The first kappa shape index (κ1) is 15.1. The molecule has 21 heavy (non-hydrogen) atoms. The van der Waals surface area contributed by atoms with Gasteiger partial charge in [-0.3, -0.25) is 5.10 Å². The largest absolute Gasteiger partial charge is 0.478 e. The molecule has 2 rings (SSSR count). The van der Waals surface area contributed by atoms with E-state index < -0.39 is 16.0 Å². The lowest BCUT2D eigenvalue weighted by Gasteiger charge is -2.06.